The van der Waals surface area contributed by atoms with Crippen molar-refractivity contribution in [2.24, 2.45) is 5.92 Å². The van der Waals surface area contributed by atoms with Crippen molar-refractivity contribution in [3.8, 4) is 0 Å². The number of benzene rings is 2. The van der Waals surface area contributed by atoms with E-state index < -0.39 is 17.2 Å². The zero-order valence-electron chi connectivity index (χ0n) is 19.6. The molecule has 2 heterocycles. The molecule has 2 aliphatic rings. The van der Waals surface area contributed by atoms with Gasteiger partial charge in [0, 0.05) is 36.8 Å². The summed E-state index contributed by atoms with van der Waals surface area (Å²) in [4.78, 5) is 40.8. The first kappa shape index (κ1) is 24.6. The van der Waals surface area contributed by atoms with Crippen LogP contribution >= 0.6 is 22.6 Å². The number of aromatic nitrogens is 2. The van der Waals surface area contributed by atoms with Gasteiger partial charge in [-0.1, -0.05) is 62.4 Å². The minimum absolute atomic E-state index is 0.308. The first-order valence-corrected chi connectivity index (χ1v) is 13.0. The van der Waals surface area contributed by atoms with Gasteiger partial charge in [0.25, 0.3) is 11.5 Å². The molecule has 2 atom stereocenters. The fourth-order valence-corrected chi connectivity index (χ4v) is 5.63. The Kier molecular flexibility index (Phi) is 7.52. The molecule has 1 saturated carbocycles. The maximum atomic E-state index is 13.0. The van der Waals surface area contributed by atoms with E-state index in [1.54, 1.807) is 36.5 Å². The van der Waals surface area contributed by atoms with Gasteiger partial charge in [0.05, 0.1) is 3.57 Å². The van der Waals surface area contributed by atoms with Crippen LogP contribution in [-0.4, -0.2) is 39.6 Å². The van der Waals surface area contributed by atoms with Crippen molar-refractivity contribution >= 4 is 28.5 Å². The summed E-state index contributed by atoms with van der Waals surface area (Å²) >= 11 is 1.90. The molecule has 2 aromatic carbocycles. The van der Waals surface area contributed by atoms with E-state index in [2.05, 4.69) is 35.2 Å². The number of piperidine rings is 1. The van der Waals surface area contributed by atoms with Crippen LogP contribution in [0.15, 0.2) is 76.4 Å². The molecule has 0 bridgehead atoms. The Morgan fingerprint density at radius 2 is 1.65 bits per heavy atom. The number of fused-ring (bicyclic) bond motifs is 1. The lowest BCUT2D eigenvalue weighted by Gasteiger charge is -2.21. The SMILES string of the molecule is CC.O=C(c1ccccc1)n1c(=O)c(I)cn(CCCN2C[C@@H]3C[C@]3(c3ccccc3)C2)c1=O. The minimum atomic E-state index is -0.586. The van der Waals surface area contributed by atoms with Crippen LogP contribution in [0, 0.1) is 9.49 Å². The lowest BCUT2D eigenvalue weighted by molar-refractivity contribution is 0.0948. The number of carbonyl (C=O) groups is 1. The van der Waals surface area contributed by atoms with Crippen molar-refractivity contribution < 1.29 is 4.79 Å². The van der Waals surface area contributed by atoms with Gasteiger partial charge in [-0.3, -0.25) is 14.2 Å². The second-order valence-corrected chi connectivity index (χ2v) is 9.94. The second-order valence-electron chi connectivity index (χ2n) is 8.78. The normalized spacial score (nSPS) is 20.9. The van der Waals surface area contributed by atoms with Crippen molar-refractivity contribution in [2.45, 2.75) is 38.6 Å². The highest BCUT2D eigenvalue weighted by Gasteiger charge is 2.60. The Morgan fingerprint density at radius 1 is 1.00 bits per heavy atom. The average Bonchev–Trinajstić information content (AvgIpc) is 3.45. The predicted molar refractivity (Wildman–Crippen MR) is 142 cm³/mol. The van der Waals surface area contributed by atoms with E-state index in [-0.39, 0.29) is 0 Å². The first-order chi connectivity index (χ1) is 16.5. The van der Waals surface area contributed by atoms with Crippen LogP contribution in [0.5, 0.6) is 0 Å². The first-order valence-electron chi connectivity index (χ1n) is 11.9. The summed E-state index contributed by atoms with van der Waals surface area (Å²) in [7, 11) is 0. The fraction of sp³-hybridized carbons (Fsp3) is 0.370. The van der Waals surface area contributed by atoms with Gasteiger partial charge in [-0.25, -0.2) is 4.79 Å². The Morgan fingerprint density at radius 3 is 2.32 bits per heavy atom. The second kappa shape index (κ2) is 10.4. The average molecular weight is 571 g/mol. The van der Waals surface area contributed by atoms with Gasteiger partial charge in [-0.05, 0) is 65.6 Å². The van der Waals surface area contributed by atoms with Gasteiger partial charge in [-0.2, -0.15) is 4.57 Å². The molecule has 1 aromatic heterocycles. The topological polar surface area (TPSA) is 64.3 Å². The summed E-state index contributed by atoms with van der Waals surface area (Å²) in [5, 5.41) is 0. The smallest absolute Gasteiger partial charge is 0.302 e. The van der Waals surface area contributed by atoms with Crippen LogP contribution in [0.25, 0.3) is 0 Å². The number of likely N-dealkylation sites (tertiary alicyclic amines) is 1. The van der Waals surface area contributed by atoms with E-state index in [4.69, 9.17) is 0 Å². The van der Waals surface area contributed by atoms with E-state index in [9.17, 15) is 14.4 Å². The number of hydrogen-bond acceptors (Lipinski definition) is 4. The Balaban J connectivity index is 0.00000133. The molecule has 0 amide bonds. The fourth-order valence-electron chi connectivity index (χ4n) is 5.06. The van der Waals surface area contributed by atoms with Crippen LogP contribution in [0.3, 0.4) is 0 Å². The quantitative estimate of drug-likeness (QED) is 0.420. The van der Waals surface area contributed by atoms with Crippen LogP contribution in [-0.2, 0) is 12.0 Å². The van der Waals surface area contributed by atoms with Crippen molar-refractivity contribution in [2.75, 3.05) is 19.6 Å². The molecule has 1 aliphatic carbocycles. The number of aryl methyl sites for hydroxylation is 1. The molecule has 0 radical (unpaired) electrons. The van der Waals surface area contributed by atoms with Gasteiger partial charge < -0.3 is 4.90 Å². The van der Waals surface area contributed by atoms with Crippen LogP contribution < -0.4 is 11.2 Å². The highest BCUT2D eigenvalue weighted by Crippen LogP contribution is 2.58. The maximum absolute atomic E-state index is 13.0. The Hall–Kier alpha value is -2.52. The molecule has 0 N–H and O–H groups in total. The lowest BCUT2D eigenvalue weighted by Crippen LogP contribution is -2.45. The molecular weight excluding hydrogens is 541 g/mol. The molecule has 5 rings (SSSR count). The molecule has 34 heavy (non-hydrogen) atoms. The number of halogens is 1. The molecule has 0 unspecified atom stereocenters. The standard InChI is InChI=1S/C25H24IN3O3.C2H6/c26-21-16-28(24(32)29(23(21)31)22(30)18-8-3-1-4-9-18)13-7-12-27-15-20-14-25(20,17-27)19-10-5-2-6-11-19;1-2/h1-6,8-11,16,20H,7,12-15,17H2;1-2H3/t20-,25+;/m0./s1. The van der Waals surface area contributed by atoms with Crippen molar-refractivity contribution in [1.82, 2.24) is 14.0 Å². The Labute approximate surface area is 213 Å². The van der Waals surface area contributed by atoms with E-state index in [0.717, 1.165) is 36.5 Å². The molecule has 3 aromatic rings. The zero-order chi connectivity index (χ0) is 24.3. The molecule has 6 nitrogen and oxygen atoms in total. The molecular formula is C27H30IN3O3. The third-order valence-electron chi connectivity index (χ3n) is 6.78. The molecule has 1 saturated heterocycles. The van der Waals surface area contributed by atoms with E-state index in [0.29, 0.717) is 21.1 Å². The van der Waals surface area contributed by atoms with Gasteiger partial charge >= 0.3 is 5.69 Å². The lowest BCUT2D eigenvalue weighted by atomic mass is 9.95. The largest absolute Gasteiger partial charge is 0.338 e. The summed E-state index contributed by atoms with van der Waals surface area (Å²) in [6, 6.07) is 19.2. The minimum Gasteiger partial charge on any atom is -0.302 e. The number of rotatable bonds is 6. The van der Waals surface area contributed by atoms with Crippen LogP contribution in [0.2, 0.25) is 0 Å². The van der Waals surface area contributed by atoms with Crippen molar-refractivity contribution in [3.05, 3.63) is 102 Å². The Bertz CT molecular complexity index is 1270. The molecule has 1 aliphatic heterocycles. The van der Waals surface area contributed by atoms with Gasteiger partial charge in [0.2, 0.25) is 0 Å². The zero-order valence-corrected chi connectivity index (χ0v) is 21.8. The monoisotopic (exact) mass is 571 g/mol. The molecule has 0 spiro atoms. The van der Waals surface area contributed by atoms with Crippen LogP contribution in [0.1, 0.15) is 42.6 Å². The maximum Gasteiger partial charge on any atom is 0.338 e. The summed E-state index contributed by atoms with van der Waals surface area (Å²) < 4.78 is 2.61. The van der Waals surface area contributed by atoms with Crippen molar-refractivity contribution in [1.29, 1.82) is 0 Å². The summed E-state index contributed by atoms with van der Waals surface area (Å²) in [6.45, 7) is 7.50. The summed E-state index contributed by atoms with van der Waals surface area (Å²) in [5.41, 5.74) is 0.926. The van der Waals surface area contributed by atoms with Crippen LogP contribution in [0.4, 0.5) is 0 Å². The predicted octanol–water partition coefficient (Wildman–Crippen LogP) is 3.99. The third kappa shape index (κ3) is 4.68. The molecule has 7 heteroatoms. The van der Waals surface area contributed by atoms with Gasteiger partial charge in [0.1, 0.15) is 0 Å². The number of carbonyl (C=O) groups excluding carboxylic acids is 1. The number of nitrogens with zero attached hydrogens (tertiary/aromatic N) is 3. The summed E-state index contributed by atoms with van der Waals surface area (Å²) in [5.74, 6) is 0.135. The molecule has 178 valence electrons. The summed E-state index contributed by atoms with van der Waals surface area (Å²) in [6.07, 6.45) is 3.61. The highest BCUT2D eigenvalue weighted by molar-refractivity contribution is 14.1. The van der Waals surface area contributed by atoms with E-state index in [1.165, 1.54) is 16.6 Å². The van der Waals surface area contributed by atoms with E-state index >= 15 is 0 Å². The van der Waals surface area contributed by atoms with Gasteiger partial charge in [-0.15, -0.1) is 0 Å². The third-order valence-corrected chi connectivity index (χ3v) is 7.52. The van der Waals surface area contributed by atoms with Crippen molar-refractivity contribution in [3.63, 3.8) is 0 Å². The molecule has 2 fully saturated rings. The van der Waals surface area contributed by atoms with Gasteiger partial charge in [0.15, 0.2) is 0 Å². The van der Waals surface area contributed by atoms with E-state index in [1.807, 2.05) is 36.4 Å². The number of hydrogen-bond donors (Lipinski definition) is 0. The highest BCUT2D eigenvalue weighted by atomic mass is 127.